The molecule has 0 aliphatic carbocycles. The number of phenolic OH excluding ortho intramolecular Hbond substituents is 1. The lowest BCUT2D eigenvalue weighted by Gasteiger charge is -2.07. The van der Waals surface area contributed by atoms with Gasteiger partial charge in [0.25, 0.3) is 11.5 Å². The number of phenols is 1. The Kier molecular flexibility index (Phi) is 4.82. The molecule has 2 N–H and O–H groups in total. The van der Waals surface area contributed by atoms with Crippen molar-refractivity contribution in [2.45, 2.75) is 6.54 Å². The molecule has 0 fully saturated rings. The van der Waals surface area contributed by atoms with E-state index in [1.807, 2.05) is 0 Å². The van der Waals surface area contributed by atoms with Crippen LogP contribution in [-0.4, -0.2) is 35.9 Å². The van der Waals surface area contributed by atoms with E-state index in [-0.39, 0.29) is 23.5 Å². The number of amides is 1. The van der Waals surface area contributed by atoms with E-state index in [9.17, 15) is 19.5 Å². The molecule has 2 heterocycles. The van der Waals surface area contributed by atoms with Gasteiger partial charge in [0.2, 0.25) is 0 Å². The molecule has 0 bridgehead atoms. The van der Waals surface area contributed by atoms with Crippen molar-refractivity contribution >= 4 is 34.9 Å². The van der Waals surface area contributed by atoms with Gasteiger partial charge in [0, 0.05) is 24.7 Å². The Morgan fingerprint density at radius 1 is 1.33 bits per heavy atom. The maximum Gasteiger partial charge on any atom is 0.332 e. The molecule has 0 radical (unpaired) electrons. The Hall–Kier alpha value is -3.40. The molecule has 3 rings (SSSR count). The predicted octanol–water partition coefficient (Wildman–Crippen LogP) is -0.0570. The quantitative estimate of drug-likeness (QED) is 0.477. The molecule has 1 amide bonds. The molecule has 11 heteroatoms. The van der Waals surface area contributed by atoms with Crippen molar-refractivity contribution in [2.75, 3.05) is 0 Å². The fraction of sp³-hybridized carbons (Fsp3) is 0.188. The molecule has 0 saturated carbocycles. The van der Waals surface area contributed by atoms with Crippen LogP contribution >= 0.6 is 11.6 Å². The van der Waals surface area contributed by atoms with Gasteiger partial charge in [-0.05, 0) is 18.2 Å². The third-order valence-corrected chi connectivity index (χ3v) is 4.14. The summed E-state index contributed by atoms with van der Waals surface area (Å²) < 4.78 is 3.56. The Bertz CT molecular complexity index is 1190. The molecule has 0 spiro atoms. The molecule has 0 aliphatic heterocycles. The number of carbonyl (C=O) groups is 1. The number of nitrogens with zero attached hydrogens (tertiary/aromatic N) is 5. The standard InChI is InChI=1S/C16H15ClN6O4/c1-21-14-13(15(26)22(2)16(21)27)18-8-23(14)7-12(25)20-19-6-9-5-10(17)3-4-11(9)24/h3-6,8,24H,7H2,1-2H3,(H,20,25)/b19-6-. The van der Waals surface area contributed by atoms with Crippen LogP contribution in [0.15, 0.2) is 39.2 Å². The summed E-state index contributed by atoms with van der Waals surface area (Å²) in [5.41, 5.74) is 1.88. The highest BCUT2D eigenvalue weighted by atomic mass is 35.5. The number of imidazole rings is 1. The lowest BCUT2D eigenvalue weighted by atomic mass is 10.2. The minimum atomic E-state index is -0.540. The molecule has 0 aliphatic rings. The third kappa shape index (κ3) is 3.47. The Labute approximate surface area is 156 Å². The summed E-state index contributed by atoms with van der Waals surface area (Å²) in [6, 6.07) is 4.41. The summed E-state index contributed by atoms with van der Waals surface area (Å²) in [6.07, 6.45) is 2.55. The van der Waals surface area contributed by atoms with Crippen molar-refractivity contribution < 1.29 is 9.90 Å². The van der Waals surface area contributed by atoms with Gasteiger partial charge in [-0.1, -0.05) is 11.6 Å². The zero-order valence-electron chi connectivity index (χ0n) is 14.4. The van der Waals surface area contributed by atoms with E-state index in [4.69, 9.17) is 11.6 Å². The summed E-state index contributed by atoms with van der Waals surface area (Å²) in [5, 5.41) is 13.9. The fourth-order valence-corrected chi connectivity index (χ4v) is 2.73. The molecule has 0 saturated heterocycles. The number of hydrogen-bond acceptors (Lipinski definition) is 6. The molecular weight excluding hydrogens is 376 g/mol. The molecule has 2 aromatic heterocycles. The number of benzene rings is 1. The summed E-state index contributed by atoms with van der Waals surface area (Å²) in [7, 11) is 2.84. The van der Waals surface area contributed by atoms with Crippen molar-refractivity contribution in [3.63, 3.8) is 0 Å². The molecule has 0 unspecified atom stereocenters. The summed E-state index contributed by atoms with van der Waals surface area (Å²) in [4.78, 5) is 40.3. The van der Waals surface area contributed by atoms with Gasteiger partial charge in [-0.3, -0.25) is 18.7 Å². The van der Waals surface area contributed by atoms with Crippen molar-refractivity contribution in [1.82, 2.24) is 24.1 Å². The van der Waals surface area contributed by atoms with Crippen LogP contribution in [0.5, 0.6) is 5.75 Å². The zero-order chi connectivity index (χ0) is 19.7. The van der Waals surface area contributed by atoms with Crippen LogP contribution in [0.25, 0.3) is 11.2 Å². The maximum atomic E-state index is 12.1. The van der Waals surface area contributed by atoms with Gasteiger partial charge in [-0.2, -0.15) is 5.10 Å². The van der Waals surface area contributed by atoms with E-state index in [0.29, 0.717) is 10.6 Å². The first-order valence-corrected chi connectivity index (χ1v) is 8.08. The number of aromatic nitrogens is 4. The topological polar surface area (TPSA) is 124 Å². The fourth-order valence-electron chi connectivity index (χ4n) is 2.55. The van der Waals surface area contributed by atoms with E-state index >= 15 is 0 Å². The van der Waals surface area contributed by atoms with Gasteiger partial charge >= 0.3 is 5.69 Å². The minimum Gasteiger partial charge on any atom is -0.507 e. The normalized spacial score (nSPS) is 11.4. The smallest absolute Gasteiger partial charge is 0.332 e. The monoisotopic (exact) mass is 390 g/mol. The highest BCUT2D eigenvalue weighted by molar-refractivity contribution is 6.30. The Balaban J connectivity index is 1.81. The summed E-state index contributed by atoms with van der Waals surface area (Å²) in [6.45, 7) is -0.212. The molecular formula is C16H15ClN6O4. The van der Waals surface area contributed by atoms with Crippen LogP contribution in [0.2, 0.25) is 5.02 Å². The second-order valence-corrected chi connectivity index (χ2v) is 6.18. The molecule has 3 aromatic rings. The SMILES string of the molecule is Cn1c(=O)c2ncn(CC(=O)N/N=C\c3cc(Cl)ccc3O)c2n(C)c1=O. The first kappa shape index (κ1) is 18.4. The lowest BCUT2D eigenvalue weighted by molar-refractivity contribution is -0.121. The first-order valence-electron chi connectivity index (χ1n) is 7.71. The number of aryl methyl sites for hydroxylation is 1. The van der Waals surface area contributed by atoms with Crippen LogP contribution in [-0.2, 0) is 25.4 Å². The molecule has 1 aromatic carbocycles. The number of nitrogens with one attached hydrogen (secondary N) is 1. The Morgan fingerprint density at radius 3 is 2.81 bits per heavy atom. The number of hydrogen-bond donors (Lipinski definition) is 2. The zero-order valence-corrected chi connectivity index (χ0v) is 15.1. The number of aromatic hydroxyl groups is 1. The number of hydrazone groups is 1. The van der Waals surface area contributed by atoms with Crippen molar-refractivity contribution in [1.29, 1.82) is 0 Å². The molecule has 10 nitrogen and oxygen atoms in total. The number of carbonyl (C=O) groups excluding carboxylic acids is 1. The Morgan fingerprint density at radius 2 is 2.07 bits per heavy atom. The molecule has 0 atom stereocenters. The van der Waals surface area contributed by atoms with E-state index < -0.39 is 17.2 Å². The van der Waals surface area contributed by atoms with Crippen molar-refractivity contribution in [3.05, 3.63) is 56.0 Å². The van der Waals surface area contributed by atoms with Gasteiger partial charge in [-0.25, -0.2) is 15.2 Å². The van der Waals surface area contributed by atoms with Gasteiger partial charge in [-0.15, -0.1) is 0 Å². The van der Waals surface area contributed by atoms with Gasteiger partial charge in [0.05, 0.1) is 12.5 Å². The van der Waals surface area contributed by atoms with Crippen LogP contribution in [0.1, 0.15) is 5.56 Å². The van der Waals surface area contributed by atoms with Gasteiger partial charge in [0.15, 0.2) is 5.52 Å². The third-order valence-electron chi connectivity index (χ3n) is 3.91. The first-order chi connectivity index (χ1) is 12.8. The average molecular weight is 391 g/mol. The summed E-state index contributed by atoms with van der Waals surface area (Å²) >= 11 is 5.83. The van der Waals surface area contributed by atoms with Crippen LogP contribution in [0.3, 0.4) is 0 Å². The average Bonchev–Trinajstić information content (AvgIpc) is 3.04. The van der Waals surface area contributed by atoms with Crippen LogP contribution in [0.4, 0.5) is 0 Å². The molecule has 140 valence electrons. The van der Waals surface area contributed by atoms with Crippen LogP contribution < -0.4 is 16.7 Å². The summed E-state index contributed by atoms with van der Waals surface area (Å²) in [5.74, 6) is -0.552. The van der Waals surface area contributed by atoms with E-state index in [0.717, 1.165) is 4.57 Å². The minimum absolute atomic E-state index is 0.0381. The largest absolute Gasteiger partial charge is 0.507 e. The van der Waals surface area contributed by atoms with Gasteiger partial charge in [0.1, 0.15) is 17.9 Å². The number of fused-ring (bicyclic) bond motifs is 1. The number of halogens is 1. The second kappa shape index (κ2) is 7.08. The van der Waals surface area contributed by atoms with Gasteiger partial charge < -0.3 is 9.67 Å². The lowest BCUT2D eigenvalue weighted by Crippen LogP contribution is -2.37. The van der Waals surface area contributed by atoms with Crippen molar-refractivity contribution in [2.24, 2.45) is 19.2 Å². The second-order valence-electron chi connectivity index (χ2n) is 5.75. The maximum absolute atomic E-state index is 12.1. The van der Waals surface area contributed by atoms with Crippen LogP contribution in [0, 0.1) is 0 Å². The van der Waals surface area contributed by atoms with Crippen molar-refractivity contribution in [3.8, 4) is 5.75 Å². The van der Waals surface area contributed by atoms with E-state index in [1.54, 1.807) is 0 Å². The highest BCUT2D eigenvalue weighted by Crippen LogP contribution is 2.19. The van der Waals surface area contributed by atoms with E-state index in [2.05, 4.69) is 15.5 Å². The predicted molar refractivity (Wildman–Crippen MR) is 99.1 cm³/mol. The highest BCUT2D eigenvalue weighted by Gasteiger charge is 2.15. The van der Waals surface area contributed by atoms with E-state index in [1.165, 1.54) is 54.0 Å². The number of rotatable bonds is 4. The molecule has 27 heavy (non-hydrogen) atoms.